The lowest BCUT2D eigenvalue weighted by Gasteiger charge is -2.45. The van der Waals surface area contributed by atoms with Gasteiger partial charge < -0.3 is 14.7 Å². The summed E-state index contributed by atoms with van der Waals surface area (Å²) < 4.78 is 19.4. The molecule has 1 N–H and O–H groups in total. The second-order valence-electron chi connectivity index (χ2n) is 8.04. The Hall–Kier alpha value is -2.77. The van der Waals surface area contributed by atoms with Crippen molar-refractivity contribution >= 4 is 17.9 Å². The van der Waals surface area contributed by atoms with Crippen LogP contribution in [0.25, 0.3) is 5.57 Å². The predicted octanol–water partition coefficient (Wildman–Crippen LogP) is 3.13. The number of alkyl halides is 1. The largest absolute Gasteiger partial charge is 0.339 e. The van der Waals surface area contributed by atoms with E-state index in [0.717, 1.165) is 5.57 Å². The Morgan fingerprint density at radius 3 is 2.66 bits per heavy atom. The molecule has 8 heteroatoms. The topological polar surface area (TPSA) is 88.3 Å². The minimum Gasteiger partial charge on any atom is -0.339 e. The maximum absolute atomic E-state index is 14.0. The number of halogens is 1. The van der Waals surface area contributed by atoms with Gasteiger partial charge in [0.05, 0.1) is 5.92 Å². The van der Waals surface area contributed by atoms with Crippen LogP contribution in [-0.2, 0) is 9.59 Å². The van der Waals surface area contributed by atoms with Crippen LogP contribution in [0.1, 0.15) is 58.2 Å². The van der Waals surface area contributed by atoms with Crippen LogP contribution in [-0.4, -0.2) is 45.6 Å². The number of allylic oxidation sites excluding steroid dienone is 4. The number of carbonyl (C=O) groups is 2. The van der Waals surface area contributed by atoms with Gasteiger partial charge in [0.25, 0.3) is 5.91 Å². The quantitative estimate of drug-likeness (QED) is 0.533. The third kappa shape index (κ3) is 4.02. The molecule has 2 aliphatic rings. The summed E-state index contributed by atoms with van der Waals surface area (Å²) in [5.41, 5.74) is 0.593. The summed E-state index contributed by atoms with van der Waals surface area (Å²) in [6.45, 7) is 12.0. The Kier molecular flexibility index (Phi) is 5.73. The Morgan fingerprint density at radius 2 is 2.14 bits per heavy atom. The molecule has 0 aromatic carbocycles. The highest BCUT2D eigenvalue weighted by Crippen LogP contribution is 2.45. The van der Waals surface area contributed by atoms with Gasteiger partial charge in [-0.3, -0.25) is 9.59 Å². The molecule has 1 saturated heterocycles. The lowest BCUT2D eigenvalue weighted by Crippen LogP contribution is -2.58. The summed E-state index contributed by atoms with van der Waals surface area (Å²) in [6.07, 6.45) is 4.58. The van der Waals surface area contributed by atoms with Crippen LogP contribution in [0.3, 0.4) is 0 Å². The van der Waals surface area contributed by atoms with Gasteiger partial charge in [-0.1, -0.05) is 31.7 Å². The van der Waals surface area contributed by atoms with E-state index >= 15 is 0 Å². The number of rotatable bonds is 8. The highest BCUT2D eigenvalue weighted by atomic mass is 19.1. The number of likely N-dealkylation sites (tertiary alicyclic amines) is 1. The minimum absolute atomic E-state index is 0.130. The number of carbonyl (C=O) groups excluding carboxylic acids is 2. The molecule has 0 bridgehead atoms. The van der Waals surface area contributed by atoms with Crippen LogP contribution in [0.4, 0.5) is 4.39 Å². The first-order valence-corrected chi connectivity index (χ1v) is 9.81. The van der Waals surface area contributed by atoms with Crippen molar-refractivity contribution in [2.45, 2.75) is 58.2 Å². The van der Waals surface area contributed by atoms with E-state index in [0.29, 0.717) is 48.8 Å². The number of aromatic nitrogens is 2. The molecule has 7 nitrogen and oxygen atoms in total. The lowest BCUT2D eigenvalue weighted by molar-refractivity contribution is -0.147. The first-order chi connectivity index (χ1) is 13.7. The molecule has 3 rings (SSSR count). The molecule has 1 aromatic rings. The zero-order chi connectivity index (χ0) is 21.3. The molecule has 2 amide bonds. The first-order valence-electron chi connectivity index (χ1n) is 9.81. The van der Waals surface area contributed by atoms with E-state index in [1.165, 1.54) is 4.90 Å². The highest BCUT2D eigenvalue weighted by molar-refractivity contribution is 5.89. The third-order valence-corrected chi connectivity index (χ3v) is 5.84. The highest BCUT2D eigenvalue weighted by Gasteiger charge is 2.57. The molecule has 1 unspecified atom stereocenters. The molecule has 1 aliphatic heterocycles. The minimum atomic E-state index is -1.67. The molecular weight excluding hydrogens is 375 g/mol. The molecule has 1 aliphatic carbocycles. The van der Waals surface area contributed by atoms with Crippen molar-refractivity contribution in [3.8, 4) is 0 Å². The Morgan fingerprint density at radius 1 is 1.45 bits per heavy atom. The first kappa shape index (κ1) is 21.0. The maximum atomic E-state index is 14.0. The van der Waals surface area contributed by atoms with Gasteiger partial charge in [0.1, 0.15) is 0 Å². The smallest absolute Gasteiger partial charge is 0.260 e. The summed E-state index contributed by atoms with van der Waals surface area (Å²) in [7, 11) is 0. The SMILES string of the molecule is C=C/C(=C\C(NC=O)=C(\C)C(C)C)c1noc([C@H]2CN(C(=O)C3(F)CC3)C2C)n1. The van der Waals surface area contributed by atoms with Crippen LogP contribution < -0.4 is 5.32 Å². The zero-order valence-electron chi connectivity index (χ0n) is 17.2. The van der Waals surface area contributed by atoms with E-state index in [9.17, 15) is 14.0 Å². The second-order valence-corrected chi connectivity index (χ2v) is 8.04. The van der Waals surface area contributed by atoms with E-state index in [2.05, 4.69) is 22.0 Å². The fourth-order valence-corrected chi connectivity index (χ4v) is 3.26. The Bertz CT molecular complexity index is 882. The summed E-state index contributed by atoms with van der Waals surface area (Å²) >= 11 is 0. The average molecular weight is 402 g/mol. The van der Waals surface area contributed by atoms with Crippen LogP contribution in [0.15, 0.2) is 34.5 Å². The molecule has 2 fully saturated rings. The van der Waals surface area contributed by atoms with E-state index in [1.54, 1.807) is 12.2 Å². The van der Waals surface area contributed by atoms with Gasteiger partial charge in [0.15, 0.2) is 5.67 Å². The zero-order valence-corrected chi connectivity index (χ0v) is 17.2. The van der Waals surface area contributed by atoms with Crippen molar-refractivity contribution in [1.29, 1.82) is 0 Å². The molecule has 2 atom stereocenters. The van der Waals surface area contributed by atoms with Crippen molar-refractivity contribution in [2.75, 3.05) is 6.54 Å². The molecule has 1 saturated carbocycles. The molecule has 0 radical (unpaired) electrons. The van der Waals surface area contributed by atoms with E-state index < -0.39 is 11.6 Å². The van der Waals surface area contributed by atoms with Crippen molar-refractivity contribution < 1.29 is 18.5 Å². The Balaban J connectivity index is 1.78. The third-order valence-electron chi connectivity index (χ3n) is 5.84. The summed E-state index contributed by atoms with van der Waals surface area (Å²) in [4.78, 5) is 29.1. The van der Waals surface area contributed by atoms with Crippen LogP contribution in [0.5, 0.6) is 0 Å². The van der Waals surface area contributed by atoms with Crippen LogP contribution in [0, 0.1) is 5.92 Å². The van der Waals surface area contributed by atoms with Crippen molar-refractivity contribution in [1.82, 2.24) is 20.4 Å². The lowest BCUT2D eigenvalue weighted by atomic mass is 9.89. The van der Waals surface area contributed by atoms with Crippen LogP contribution >= 0.6 is 0 Å². The number of nitrogens with zero attached hydrogens (tertiary/aromatic N) is 3. The molecule has 156 valence electrons. The number of hydrogen-bond donors (Lipinski definition) is 1. The van der Waals surface area contributed by atoms with Gasteiger partial charge in [-0.05, 0) is 44.3 Å². The number of amides is 2. The summed E-state index contributed by atoms with van der Waals surface area (Å²) in [5.74, 6) is 0.422. The predicted molar refractivity (Wildman–Crippen MR) is 106 cm³/mol. The van der Waals surface area contributed by atoms with Gasteiger partial charge >= 0.3 is 0 Å². The van der Waals surface area contributed by atoms with Crippen LogP contribution in [0.2, 0.25) is 0 Å². The monoisotopic (exact) mass is 402 g/mol. The Labute approximate surface area is 169 Å². The van der Waals surface area contributed by atoms with Gasteiger partial charge in [0, 0.05) is 23.9 Å². The van der Waals surface area contributed by atoms with Crippen molar-refractivity contribution in [3.63, 3.8) is 0 Å². The maximum Gasteiger partial charge on any atom is 0.260 e. The summed E-state index contributed by atoms with van der Waals surface area (Å²) in [6, 6.07) is -0.199. The summed E-state index contributed by atoms with van der Waals surface area (Å²) in [5, 5.41) is 6.74. The molecule has 29 heavy (non-hydrogen) atoms. The molecule has 1 aromatic heterocycles. The normalized spacial score (nSPS) is 23.9. The fraction of sp³-hybridized carbons (Fsp3) is 0.524. The second kappa shape index (κ2) is 7.93. The molecular formula is C21H27FN4O3. The number of hydrogen-bond acceptors (Lipinski definition) is 5. The number of nitrogens with one attached hydrogen (secondary N) is 1. The van der Waals surface area contributed by atoms with Gasteiger partial charge in [0.2, 0.25) is 18.1 Å². The van der Waals surface area contributed by atoms with Crippen molar-refractivity contribution in [2.24, 2.45) is 5.92 Å². The van der Waals surface area contributed by atoms with E-state index in [-0.39, 0.29) is 17.9 Å². The molecule has 2 heterocycles. The molecule has 0 spiro atoms. The average Bonchev–Trinajstić information content (AvgIpc) is 3.27. The van der Waals surface area contributed by atoms with Crippen molar-refractivity contribution in [3.05, 3.63) is 41.7 Å². The van der Waals surface area contributed by atoms with E-state index in [4.69, 9.17) is 4.52 Å². The van der Waals surface area contributed by atoms with Gasteiger partial charge in [-0.2, -0.15) is 4.98 Å². The van der Waals surface area contributed by atoms with E-state index in [1.807, 2.05) is 27.7 Å². The standard InChI is InChI=1S/C21H27FN4O3/c1-6-15(9-17(23-11-27)13(4)12(2)3)18-24-19(29-25-18)16-10-26(14(16)5)20(28)21(22)7-8-21/h6,9,11-12,14,16H,1,7-8,10H2,2-5H3,(H,23,27)/b15-9+,17-13+/t14?,16-/m0/s1. The van der Waals surface area contributed by atoms with Gasteiger partial charge in [-0.25, -0.2) is 4.39 Å². The fourth-order valence-electron chi connectivity index (χ4n) is 3.26. The van der Waals surface area contributed by atoms with Gasteiger partial charge in [-0.15, -0.1) is 0 Å².